The fourth-order valence-electron chi connectivity index (χ4n) is 4.27. The van der Waals surface area contributed by atoms with Gasteiger partial charge in [0.15, 0.2) is 0 Å². The first-order valence-electron chi connectivity index (χ1n) is 11.9. The summed E-state index contributed by atoms with van der Waals surface area (Å²) in [6, 6.07) is -0.112. The zero-order valence-corrected chi connectivity index (χ0v) is 19.0. The second kappa shape index (κ2) is 17.7. The maximum Gasteiger partial charge on any atom is 0.142 e. The second-order valence-corrected chi connectivity index (χ2v) is 8.16. The lowest BCUT2D eigenvalue weighted by molar-refractivity contribution is -0.949. The summed E-state index contributed by atoms with van der Waals surface area (Å²) in [5.74, 6) is 0. The third-order valence-electron chi connectivity index (χ3n) is 6.48. The summed E-state index contributed by atoms with van der Waals surface area (Å²) in [4.78, 5) is 0. The Morgan fingerprint density at radius 1 is 0.704 bits per heavy atom. The molecule has 0 amide bonds. The van der Waals surface area contributed by atoms with Crippen LogP contribution in [0.15, 0.2) is 12.2 Å². The summed E-state index contributed by atoms with van der Waals surface area (Å²) in [5.41, 5.74) is 0. The van der Waals surface area contributed by atoms with E-state index in [0.717, 1.165) is 30.5 Å². The smallest absolute Gasteiger partial charge is 0.142 e. The molecule has 0 aliphatic heterocycles. The van der Waals surface area contributed by atoms with Crippen LogP contribution in [0.3, 0.4) is 0 Å². The lowest BCUT2D eigenvalue weighted by atomic mass is 10.0. The molecule has 2 N–H and O–H groups in total. The number of nitrogens with zero attached hydrogens (tertiary/aromatic N) is 1. The zero-order chi connectivity index (χ0) is 20.4. The molecule has 0 aromatic carbocycles. The van der Waals surface area contributed by atoms with Crippen LogP contribution >= 0.6 is 0 Å². The predicted octanol–water partition coefficient (Wildman–Crippen LogP) is 5.84. The van der Waals surface area contributed by atoms with E-state index in [1.807, 2.05) is 6.08 Å². The lowest BCUT2D eigenvalue weighted by Crippen LogP contribution is -2.60. The molecule has 3 nitrogen and oxygen atoms in total. The van der Waals surface area contributed by atoms with Gasteiger partial charge in [-0.3, -0.25) is 0 Å². The van der Waals surface area contributed by atoms with Crippen LogP contribution in [0.4, 0.5) is 0 Å². The van der Waals surface area contributed by atoms with Gasteiger partial charge in [-0.2, -0.15) is 0 Å². The fraction of sp³-hybridized carbons (Fsp3) is 0.917. The zero-order valence-electron chi connectivity index (χ0n) is 19.0. The number of hydrogen-bond donors (Lipinski definition) is 2. The molecule has 0 radical (unpaired) electrons. The van der Waals surface area contributed by atoms with Crippen molar-refractivity contribution in [2.45, 2.75) is 117 Å². The van der Waals surface area contributed by atoms with Gasteiger partial charge in [-0.15, -0.1) is 0 Å². The van der Waals surface area contributed by atoms with Crippen LogP contribution in [0.1, 0.15) is 105 Å². The van der Waals surface area contributed by atoms with Gasteiger partial charge in [-0.25, -0.2) is 0 Å². The molecule has 0 aliphatic rings. The Bertz CT molecular complexity index is 331. The molecule has 0 saturated carbocycles. The molecular formula is C24H50NO2+. The minimum Gasteiger partial charge on any atom is -0.390 e. The third-order valence-corrected chi connectivity index (χ3v) is 6.48. The Labute approximate surface area is 170 Å². The predicted molar refractivity (Wildman–Crippen MR) is 119 cm³/mol. The highest BCUT2D eigenvalue weighted by Gasteiger charge is 2.36. The summed E-state index contributed by atoms with van der Waals surface area (Å²) in [6.07, 6.45) is 19.5. The Kier molecular flexibility index (Phi) is 17.5. The van der Waals surface area contributed by atoms with Gasteiger partial charge >= 0.3 is 0 Å². The minimum atomic E-state index is -0.553. The van der Waals surface area contributed by atoms with Crippen molar-refractivity contribution in [1.82, 2.24) is 0 Å². The molecule has 0 heterocycles. The van der Waals surface area contributed by atoms with E-state index in [4.69, 9.17) is 0 Å². The number of likely N-dealkylation sites (N-methyl/N-ethyl adjacent to an activating group) is 1. The summed E-state index contributed by atoms with van der Waals surface area (Å²) < 4.78 is 0.778. The SMILES string of the molecule is CCCCCCCCCCCCC/C=C/[C@@H](O)[C@H](CO)[N+](CC)(CC)CC. The maximum atomic E-state index is 10.6. The van der Waals surface area contributed by atoms with Crippen LogP contribution in [0.25, 0.3) is 0 Å². The molecule has 0 rings (SSSR count). The van der Waals surface area contributed by atoms with Crippen LogP contribution in [0.5, 0.6) is 0 Å². The van der Waals surface area contributed by atoms with Crippen molar-refractivity contribution in [3.05, 3.63) is 12.2 Å². The van der Waals surface area contributed by atoms with Crippen LogP contribution in [0.2, 0.25) is 0 Å². The number of aliphatic hydroxyl groups is 2. The molecule has 162 valence electrons. The highest BCUT2D eigenvalue weighted by Crippen LogP contribution is 2.18. The number of aliphatic hydroxyl groups excluding tert-OH is 2. The molecule has 0 aliphatic carbocycles. The largest absolute Gasteiger partial charge is 0.390 e. The average molecular weight is 385 g/mol. The van der Waals surface area contributed by atoms with Gasteiger partial charge in [-0.1, -0.05) is 83.3 Å². The molecule has 0 bridgehead atoms. The molecule has 0 fully saturated rings. The van der Waals surface area contributed by atoms with Crippen molar-refractivity contribution in [3.8, 4) is 0 Å². The van der Waals surface area contributed by atoms with Crippen molar-refractivity contribution in [1.29, 1.82) is 0 Å². The first-order valence-corrected chi connectivity index (χ1v) is 11.9. The molecular weight excluding hydrogens is 334 g/mol. The fourth-order valence-corrected chi connectivity index (χ4v) is 4.27. The lowest BCUT2D eigenvalue weighted by Gasteiger charge is -2.43. The Morgan fingerprint density at radius 2 is 1.15 bits per heavy atom. The van der Waals surface area contributed by atoms with E-state index < -0.39 is 6.10 Å². The van der Waals surface area contributed by atoms with Crippen molar-refractivity contribution in [2.24, 2.45) is 0 Å². The average Bonchev–Trinajstić information content (AvgIpc) is 2.69. The van der Waals surface area contributed by atoms with Crippen molar-refractivity contribution in [3.63, 3.8) is 0 Å². The first kappa shape index (κ1) is 26.6. The van der Waals surface area contributed by atoms with Gasteiger partial charge in [0.25, 0.3) is 0 Å². The standard InChI is InChI=1S/C24H50NO2/c1-5-9-10-11-12-13-14-15-16-17-18-19-20-21-24(27)23(22-26)25(6-2,7-3)8-4/h20-21,23-24,26-27H,5-19,22H2,1-4H3/q+1/b21-20+/t23-,24+/m0/s1. The number of allylic oxidation sites excluding steroid dienone is 1. The van der Waals surface area contributed by atoms with E-state index >= 15 is 0 Å². The van der Waals surface area contributed by atoms with Crippen LogP contribution in [-0.4, -0.2) is 53.1 Å². The van der Waals surface area contributed by atoms with E-state index in [2.05, 4.69) is 33.8 Å². The molecule has 3 heteroatoms. The van der Waals surface area contributed by atoms with Crippen molar-refractivity contribution < 1.29 is 14.7 Å². The first-order chi connectivity index (χ1) is 13.1. The van der Waals surface area contributed by atoms with Crippen molar-refractivity contribution >= 4 is 0 Å². The topological polar surface area (TPSA) is 40.5 Å². The van der Waals surface area contributed by atoms with E-state index in [-0.39, 0.29) is 12.6 Å². The summed E-state index contributed by atoms with van der Waals surface area (Å²) in [6.45, 7) is 11.6. The monoisotopic (exact) mass is 384 g/mol. The van der Waals surface area contributed by atoms with E-state index in [9.17, 15) is 10.2 Å². The highest BCUT2D eigenvalue weighted by atomic mass is 16.3. The Morgan fingerprint density at radius 3 is 1.56 bits per heavy atom. The second-order valence-electron chi connectivity index (χ2n) is 8.16. The third kappa shape index (κ3) is 11.3. The summed E-state index contributed by atoms with van der Waals surface area (Å²) in [7, 11) is 0. The van der Waals surface area contributed by atoms with Crippen LogP contribution in [-0.2, 0) is 0 Å². The number of quaternary nitrogens is 1. The Hall–Kier alpha value is -0.380. The van der Waals surface area contributed by atoms with Crippen LogP contribution in [0, 0.1) is 0 Å². The molecule has 27 heavy (non-hydrogen) atoms. The van der Waals surface area contributed by atoms with Gasteiger partial charge in [0.05, 0.1) is 26.2 Å². The van der Waals surface area contributed by atoms with Gasteiger partial charge < -0.3 is 14.7 Å². The number of rotatable bonds is 19. The van der Waals surface area contributed by atoms with Gasteiger partial charge in [-0.05, 0) is 33.6 Å². The quantitative estimate of drug-likeness (QED) is 0.167. The summed E-state index contributed by atoms with van der Waals surface area (Å²) >= 11 is 0. The van der Waals surface area contributed by atoms with Gasteiger partial charge in [0.2, 0.25) is 0 Å². The van der Waals surface area contributed by atoms with Gasteiger partial charge in [0, 0.05) is 0 Å². The number of hydrogen-bond acceptors (Lipinski definition) is 2. The summed E-state index contributed by atoms with van der Waals surface area (Å²) in [5, 5.41) is 20.4. The van der Waals surface area contributed by atoms with E-state index in [1.54, 1.807) is 0 Å². The molecule has 2 atom stereocenters. The number of unbranched alkanes of at least 4 members (excludes halogenated alkanes) is 11. The molecule has 0 unspecified atom stereocenters. The molecule has 0 aromatic rings. The molecule has 0 spiro atoms. The minimum absolute atomic E-state index is 0.0411. The highest BCUT2D eigenvalue weighted by molar-refractivity contribution is 4.93. The maximum absolute atomic E-state index is 10.6. The van der Waals surface area contributed by atoms with E-state index in [0.29, 0.717) is 0 Å². The van der Waals surface area contributed by atoms with Crippen LogP contribution < -0.4 is 0 Å². The van der Waals surface area contributed by atoms with Gasteiger partial charge in [0.1, 0.15) is 12.1 Å². The normalized spacial score (nSPS) is 14.7. The van der Waals surface area contributed by atoms with Crippen molar-refractivity contribution in [2.75, 3.05) is 26.2 Å². The molecule has 0 saturated heterocycles. The van der Waals surface area contributed by atoms with E-state index in [1.165, 1.54) is 70.6 Å². The molecule has 0 aromatic heterocycles. The Balaban J connectivity index is 3.86.